The molecule has 8 heteroatoms. The summed E-state index contributed by atoms with van der Waals surface area (Å²) >= 11 is 0. The minimum atomic E-state index is -0.571. The Bertz CT molecular complexity index is 479. The van der Waals surface area contributed by atoms with E-state index in [-0.39, 0.29) is 17.5 Å². The first-order valence-corrected chi connectivity index (χ1v) is 6.26. The maximum Gasteiger partial charge on any atom is 0.311 e. The van der Waals surface area contributed by atoms with Crippen molar-refractivity contribution in [3.63, 3.8) is 0 Å². The first-order chi connectivity index (χ1) is 9.54. The van der Waals surface area contributed by atoms with Gasteiger partial charge in [-0.25, -0.2) is 4.98 Å². The number of aromatic nitrogens is 1. The second-order valence-electron chi connectivity index (χ2n) is 4.17. The molecule has 0 aromatic carbocycles. The number of carbonyl (C=O) groups is 1. The quantitative estimate of drug-likeness (QED) is 0.322. The number of hydrogen-bond donors (Lipinski definition) is 2. The van der Waals surface area contributed by atoms with Crippen LogP contribution in [0.2, 0.25) is 0 Å². The Morgan fingerprint density at radius 3 is 2.80 bits per heavy atom. The highest BCUT2D eigenvalue weighted by Gasteiger charge is 2.12. The van der Waals surface area contributed by atoms with Gasteiger partial charge in [0.25, 0.3) is 0 Å². The van der Waals surface area contributed by atoms with E-state index in [1.807, 2.05) is 0 Å². The van der Waals surface area contributed by atoms with Crippen molar-refractivity contribution in [3.8, 4) is 0 Å². The average molecular weight is 282 g/mol. The molecule has 0 bridgehead atoms. The van der Waals surface area contributed by atoms with Crippen molar-refractivity contribution in [2.75, 3.05) is 24.7 Å². The zero-order valence-electron chi connectivity index (χ0n) is 11.3. The normalized spacial score (nSPS) is 10.1. The number of rotatable bonds is 8. The fourth-order valence-electron chi connectivity index (χ4n) is 1.61. The zero-order valence-corrected chi connectivity index (χ0v) is 11.3. The number of pyridine rings is 1. The predicted octanol–water partition coefficient (Wildman–Crippen LogP) is 1.72. The van der Waals surface area contributed by atoms with Crippen molar-refractivity contribution < 1.29 is 14.5 Å². The Hall–Kier alpha value is -2.38. The molecule has 0 spiro atoms. The van der Waals surface area contributed by atoms with E-state index in [4.69, 9.17) is 5.73 Å². The van der Waals surface area contributed by atoms with Crippen molar-refractivity contribution in [2.24, 2.45) is 0 Å². The van der Waals surface area contributed by atoms with Crippen LogP contribution in [-0.2, 0) is 9.53 Å². The highest BCUT2D eigenvalue weighted by atomic mass is 16.6. The number of nitrogens with zero attached hydrogens (tertiary/aromatic N) is 2. The smallest absolute Gasteiger partial charge is 0.311 e. The Balaban J connectivity index is 2.27. The first-order valence-electron chi connectivity index (χ1n) is 6.26. The van der Waals surface area contributed by atoms with Crippen LogP contribution in [0.5, 0.6) is 0 Å². The van der Waals surface area contributed by atoms with Gasteiger partial charge < -0.3 is 15.8 Å². The zero-order chi connectivity index (χ0) is 15.0. The monoisotopic (exact) mass is 282 g/mol. The van der Waals surface area contributed by atoms with Gasteiger partial charge in [-0.3, -0.25) is 14.9 Å². The Morgan fingerprint density at radius 1 is 1.45 bits per heavy atom. The summed E-state index contributed by atoms with van der Waals surface area (Å²) in [5.41, 5.74) is 5.28. The van der Waals surface area contributed by atoms with Gasteiger partial charge in [0.2, 0.25) is 5.82 Å². The maximum absolute atomic E-state index is 10.9. The molecule has 3 N–H and O–H groups in total. The highest BCUT2D eigenvalue weighted by Crippen LogP contribution is 2.20. The topological polar surface area (TPSA) is 120 Å². The number of nitrogens with two attached hydrogens (primary N) is 1. The van der Waals surface area contributed by atoms with E-state index in [0.29, 0.717) is 18.8 Å². The molecule has 0 aliphatic heterocycles. The van der Waals surface area contributed by atoms with E-state index in [2.05, 4.69) is 15.0 Å². The van der Waals surface area contributed by atoms with E-state index < -0.39 is 4.92 Å². The molecule has 0 aliphatic rings. The lowest BCUT2D eigenvalue weighted by Crippen LogP contribution is -2.06. The molecule has 8 nitrogen and oxygen atoms in total. The summed E-state index contributed by atoms with van der Waals surface area (Å²) in [7, 11) is 1.37. The molecule has 1 rings (SSSR count). The van der Waals surface area contributed by atoms with Crippen LogP contribution in [0.1, 0.15) is 25.7 Å². The van der Waals surface area contributed by atoms with Crippen molar-refractivity contribution in [1.82, 2.24) is 4.98 Å². The average Bonchev–Trinajstić information content (AvgIpc) is 2.42. The fraction of sp³-hybridized carbons (Fsp3) is 0.500. The van der Waals surface area contributed by atoms with E-state index in [1.54, 1.807) is 0 Å². The number of nitrogen functional groups attached to an aromatic ring is 1. The SMILES string of the molecule is COC(=O)CCCCCNc1ccc([N+](=O)[O-])c(N)n1. The molecule has 0 saturated heterocycles. The number of unbranched alkanes of at least 4 members (excludes halogenated alkanes) is 2. The lowest BCUT2D eigenvalue weighted by Gasteiger charge is -2.06. The van der Waals surface area contributed by atoms with Gasteiger partial charge in [-0.2, -0.15) is 0 Å². The third-order valence-corrected chi connectivity index (χ3v) is 2.69. The minimum absolute atomic E-state index is 0.106. The first kappa shape index (κ1) is 15.7. The van der Waals surface area contributed by atoms with Crippen LogP contribution in [-0.4, -0.2) is 29.5 Å². The number of nitrogens with one attached hydrogen (secondary N) is 1. The molecule has 0 unspecified atom stereocenters. The molecule has 0 fully saturated rings. The molecule has 0 amide bonds. The molecule has 110 valence electrons. The molecule has 20 heavy (non-hydrogen) atoms. The van der Waals surface area contributed by atoms with Gasteiger partial charge in [-0.1, -0.05) is 6.42 Å². The Kier molecular flexibility index (Phi) is 6.21. The summed E-state index contributed by atoms with van der Waals surface area (Å²) in [6, 6.07) is 2.84. The number of carbonyl (C=O) groups excluding carboxylic acids is 1. The highest BCUT2D eigenvalue weighted by molar-refractivity contribution is 5.68. The summed E-state index contributed by atoms with van der Waals surface area (Å²) in [6.45, 7) is 0.658. The molecular weight excluding hydrogens is 264 g/mol. The van der Waals surface area contributed by atoms with Crippen molar-refractivity contribution in [2.45, 2.75) is 25.7 Å². The van der Waals surface area contributed by atoms with Gasteiger partial charge in [-0.05, 0) is 18.9 Å². The molecule has 1 heterocycles. The minimum Gasteiger partial charge on any atom is -0.469 e. The van der Waals surface area contributed by atoms with Gasteiger partial charge in [0.15, 0.2) is 0 Å². The number of nitro groups is 1. The molecule has 0 saturated carbocycles. The summed E-state index contributed by atoms with van der Waals surface area (Å²) < 4.78 is 4.54. The van der Waals surface area contributed by atoms with Gasteiger partial charge in [-0.15, -0.1) is 0 Å². The molecule has 0 atom stereocenters. The summed E-state index contributed by atoms with van der Waals surface area (Å²) in [4.78, 5) is 24.8. The number of methoxy groups -OCH3 is 1. The van der Waals surface area contributed by atoms with E-state index in [1.165, 1.54) is 19.2 Å². The number of esters is 1. The molecular formula is C12H18N4O4. The largest absolute Gasteiger partial charge is 0.469 e. The lowest BCUT2D eigenvalue weighted by atomic mass is 10.2. The summed E-state index contributed by atoms with van der Waals surface area (Å²) in [5.74, 6) is 0.189. The third kappa shape index (κ3) is 5.09. The van der Waals surface area contributed by atoms with Crippen molar-refractivity contribution in [1.29, 1.82) is 0 Å². The van der Waals surface area contributed by atoms with Crippen LogP contribution in [0.25, 0.3) is 0 Å². The number of anilines is 2. The molecule has 0 radical (unpaired) electrons. The number of hydrogen-bond acceptors (Lipinski definition) is 7. The standard InChI is InChI=1S/C12H18N4O4/c1-20-11(17)5-3-2-4-8-14-10-7-6-9(16(18)19)12(13)15-10/h6-7H,2-5,8H2,1H3,(H3,13,14,15). The van der Waals surface area contributed by atoms with Gasteiger partial charge in [0.1, 0.15) is 5.82 Å². The van der Waals surface area contributed by atoms with Crippen LogP contribution in [0.15, 0.2) is 12.1 Å². The Labute approximate surface area is 116 Å². The maximum atomic E-state index is 10.9. The summed E-state index contributed by atoms with van der Waals surface area (Å²) in [5, 5.41) is 13.6. The van der Waals surface area contributed by atoms with Crippen LogP contribution in [0.4, 0.5) is 17.3 Å². The van der Waals surface area contributed by atoms with E-state index >= 15 is 0 Å². The second kappa shape index (κ2) is 7.93. The van der Waals surface area contributed by atoms with Crippen molar-refractivity contribution >= 4 is 23.3 Å². The second-order valence-corrected chi connectivity index (χ2v) is 4.17. The number of ether oxygens (including phenoxy) is 1. The van der Waals surface area contributed by atoms with Gasteiger partial charge in [0, 0.05) is 19.0 Å². The van der Waals surface area contributed by atoms with E-state index in [0.717, 1.165) is 19.3 Å². The predicted molar refractivity (Wildman–Crippen MR) is 74.3 cm³/mol. The summed E-state index contributed by atoms with van der Waals surface area (Å²) in [6.07, 6.45) is 2.92. The van der Waals surface area contributed by atoms with Crippen LogP contribution >= 0.6 is 0 Å². The molecule has 1 aromatic heterocycles. The fourth-order valence-corrected chi connectivity index (χ4v) is 1.61. The van der Waals surface area contributed by atoms with Crippen LogP contribution in [0, 0.1) is 10.1 Å². The van der Waals surface area contributed by atoms with Crippen molar-refractivity contribution in [3.05, 3.63) is 22.2 Å². The van der Waals surface area contributed by atoms with E-state index in [9.17, 15) is 14.9 Å². The molecule has 1 aromatic rings. The van der Waals surface area contributed by atoms with Crippen LogP contribution < -0.4 is 11.1 Å². The lowest BCUT2D eigenvalue weighted by molar-refractivity contribution is -0.384. The van der Waals surface area contributed by atoms with Gasteiger partial charge >= 0.3 is 11.7 Å². The van der Waals surface area contributed by atoms with Crippen LogP contribution in [0.3, 0.4) is 0 Å². The van der Waals surface area contributed by atoms with Gasteiger partial charge in [0.05, 0.1) is 12.0 Å². The Morgan fingerprint density at radius 2 is 2.20 bits per heavy atom. The molecule has 0 aliphatic carbocycles. The third-order valence-electron chi connectivity index (χ3n) is 2.69.